The van der Waals surface area contributed by atoms with E-state index >= 15 is 0 Å². The fourth-order valence-electron chi connectivity index (χ4n) is 2.98. The Morgan fingerprint density at radius 3 is 2.56 bits per heavy atom. The fraction of sp³-hybridized carbons (Fsp3) is 0.333. The van der Waals surface area contributed by atoms with E-state index in [1.54, 1.807) is 12.1 Å². The fourth-order valence-corrected chi connectivity index (χ4v) is 2.98. The molecule has 2 rings (SSSR count). The van der Waals surface area contributed by atoms with Gasteiger partial charge in [-0.1, -0.05) is 48.5 Å². The van der Waals surface area contributed by atoms with Crippen molar-refractivity contribution in [3.05, 3.63) is 88.5 Å². The van der Waals surface area contributed by atoms with Crippen molar-refractivity contribution in [1.82, 2.24) is 4.90 Å². The van der Waals surface area contributed by atoms with Gasteiger partial charge in [0.2, 0.25) is 0 Å². The first kappa shape index (κ1) is 22.8. The highest BCUT2D eigenvalue weighted by molar-refractivity contribution is 5.35. The van der Waals surface area contributed by atoms with Gasteiger partial charge in [0.25, 0.3) is 5.69 Å². The SMILES string of the molecule is C=CCN(CC(O)c1cccc([N+](=O)[O-])c1)C(C)CCc1ccccc1.[Cl-]. The molecule has 2 aromatic carbocycles. The minimum absolute atomic E-state index is 0. The molecule has 0 aliphatic carbocycles. The van der Waals surface area contributed by atoms with Crippen LogP contribution in [-0.2, 0) is 6.42 Å². The number of nitro benzene ring substituents is 1. The van der Waals surface area contributed by atoms with Gasteiger partial charge in [0, 0.05) is 31.3 Å². The average Bonchev–Trinajstić information content (AvgIpc) is 2.66. The van der Waals surface area contributed by atoms with Gasteiger partial charge in [0.15, 0.2) is 0 Å². The largest absolute Gasteiger partial charge is 1.00 e. The molecule has 2 aromatic rings. The summed E-state index contributed by atoms with van der Waals surface area (Å²) in [5.41, 5.74) is 1.84. The highest BCUT2D eigenvalue weighted by atomic mass is 35.5. The van der Waals surface area contributed by atoms with Gasteiger partial charge in [0.05, 0.1) is 11.0 Å². The first-order valence-corrected chi connectivity index (χ1v) is 8.82. The predicted molar refractivity (Wildman–Crippen MR) is 104 cm³/mol. The summed E-state index contributed by atoms with van der Waals surface area (Å²) < 4.78 is 0. The highest BCUT2D eigenvalue weighted by Crippen LogP contribution is 2.21. The molecule has 27 heavy (non-hydrogen) atoms. The van der Waals surface area contributed by atoms with Gasteiger partial charge in [-0.05, 0) is 30.9 Å². The van der Waals surface area contributed by atoms with Crippen molar-refractivity contribution in [2.75, 3.05) is 13.1 Å². The minimum Gasteiger partial charge on any atom is -1.00 e. The van der Waals surface area contributed by atoms with Crippen LogP contribution in [0.2, 0.25) is 0 Å². The Bertz CT molecular complexity index is 724. The second-order valence-electron chi connectivity index (χ2n) is 6.48. The summed E-state index contributed by atoms with van der Waals surface area (Å²) in [6.45, 7) is 7.00. The van der Waals surface area contributed by atoms with Crippen LogP contribution >= 0.6 is 0 Å². The first-order valence-electron chi connectivity index (χ1n) is 8.82. The number of hydrogen-bond acceptors (Lipinski definition) is 4. The lowest BCUT2D eigenvalue weighted by Gasteiger charge is -2.30. The lowest BCUT2D eigenvalue weighted by atomic mass is 10.0. The molecule has 0 radical (unpaired) electrons. The smallest absolute Gasteiger partial charge is 0.269 e. The molecule has 1 N–H and O–H groups in total. The van der Waals surface area contributed by atoms with Crippen molar-refractivity contribution >= 4 is 5.69 Å². The van der Waals surface area contributed by atoms with Crippen molar-refractivity contribution in [3.63, 3.8) is 0 Å². The van der Waals surface area contributed by atoms with Crippen LogP contribution in [0.3, 0.4) is 0 Å². The maximum Gasteiger partial charge on any atom is 0.269 e. The van der Waals surface area contributed by atoms with Gasteiger partial charge in [-0.3, -0.25) is 15.0 Å². The quantitative estimate of drug-likeness (QED) is 0.376. The van der Waals surface area contributed by atoms with Crippen LogP contribution in [0.25, 0.3) is 0 Å². The number of hydrogen-bond donors (Lipinski definition) is 1. The number of aryl methyl sites for hydroxylation is 1. The van der Waals surface area contributed by atoms with Crippen LogP contribution in [0.15, 0.2) is 67.3 Å². The monoisotopic (exact) mass is 389 g/mol. The molecule has 0 aliphatic rings. The van der Waals surface area contributed by atoms with Crippen LogP contribution in [-0.4, -0.2) is 34.1 Å². The van der Waals surface area contributed by atoms with Crippen LogP contribution in [0.5, 0.6) is 0 Å². The third-order valence-electron chi connectivity index (χ3n) is 4.55. The third kappa shape index (κ3) is 7.13. The van der Waals surface area contributed by atoms with Crippen LogP contribution in [0.4, 0.5) is 5.69 Å². The Morgan fingerprint density at radius 1 is 1.22 bits per heavy atom. The molecule has 0 spiro atoms. The molecule has 5 nitrogen and oxygen atoms in total. The number of nitro groups is 1. The van der Waals surface area contributed by atoms with Gasteiger partial charge < -0.3 is 17.5 Å². The molecule has 0 saturated heterocycles. The topological polar surface area (TPSA) is 66.6 Å². The number of aliphatic hydroxyl groups excluding tert-OH is 1. The van der Waals surface area contributed by atoms with E-state index in [4.69, 9.17) is 0 Å². The van der Waals surface area contributed by atoms with Crippen molar-refractivity contribution in [2.24, 2.45) is 0 Å². The summed E-state index contributed by atoms with van der Waals surface area (Å²) in [6, 6.07) is 16.7. The van der Waals surface area contributed by atoms with Gasteiger partial charge in [-0.25, -0.2) is 0 Å². The summed E-state index contributed by atoms with van der Waals surface area (Å²) >= 11 is 0. The summed E-state index contributed by atoms with van der Waals surface area (Å²) in [4.78, 5) is 12.6. The summed E-state index contributed by atoms with van der Waals surface area (Å²) in [5.74, 6) is 0. The molecule has 2 unspecified atom stereocenters. The number of non-ortho nitro benzene ring substituents is 1. The molecule has 0 heterocycles. The molecule has 2 atom stereocenters. The second-order valence-corrected chi connectivity index (χ2v) is 6.48. The molecule has 0 bridgehead atoms. The van der Waals surface area contributed by atoms with Crippen molar-refractivity contribution < 1.29 is 22.4 Å². The molecule has 0 fully saturated rings. The number of rotatable bonds is 10. The molecule has 146 valence electrons. The van der Waals surface area contributed by atoms with Crippen LogP contribution < -0.4 is 12.4 Å². The van der Waals surface area contributed by atoms with Crippen molar-refractivity contribution in [3.8, 4) is 0 Å². The summed E-state index contributed by atoms with van der Waals surface area (Å²) in [6.07, 6.45) is 2.95. The van der Waals surface area contributed by atoms with E-state index in [9.17, 15) is 15.2 Å². The Morgan fingerprint density at radius 2 is 1.93 bits per heavy atom. The van der Waals surface area contributed by atoms with Gasteiger partial charge in [-0.2, -0.15) is 0 Å². The Labute approximate surface area is 166 Å². The van der Waals surface area contributed by atoms with E-state index in [1.807, 2.05) is 24.3 Å². The van der Waals surface area contributed by atoms with Gasteiger partial charge in [0.1, 0.15) is 0 Å². The number of benzene rings is 2. The summed E-state index contributed by atoms with van der Waals surface area (Å²) in [7, 11) is 0. The summed E-state index contributed by atoms with van der Waals surface area (Å²) in [5, 5.41) is 21.5. The number of halogens is 1. The molecule has 0 amide bonds. The van der Waals surface area contributed by atoms with Gasteiger partial charge >= 0.3 is 0 Å². The molecular formula is C21H26ClN2O3-. The number of aliphatic hydroxyl groups is 1. The van der Waals surface area contributed by atoms with Crippen LogP contribution in [0, 0.1) is 10.1 Å². The Balaban J connectivity index is 0.00000364. The predicted octanol–water partition coefficient (Wildman–Crippen LogP) is 1.14. The Kier molecular flexibility index (Phi) is 9.72. The maximum absolute atomic E-state index is 10.9. The van der Waals surface area contributed by atoms with E-state index in [0.29, 0.717) is 18.7 Å². The first-order chi connectivity index (χ1) is 12.5. The van der Waals surface area contributed by atoms with E-state index in [1.165, 1.54) is 17.7 Å². The minimum atomic E-state index is -0.783. The third-order valence-corrected chi connectivity index (χ3v) is 4.55. The second kappa shape index (κ2) is 11.5. The van der Waals surface area contributed by atoms with E-state index in [-0.39, 0.29) is 24.1 Å². The standard InChI is InChI=1S/C21H26N2O3.ClH/c1-3-14-22(17(2)12-13-18-8-5-4-6-9-18)16-21(24)19-10-7-11-20(15-19)23(25)26;/h3-11,15,17,21,24H,1,12-14,16H2,2H3;1H/p-1. The van der Waals surface area contributed by atoms with E-state index < -0.39 is 11.0 Å². The average molecular weight is 390 g/mol. The van der Waals surface area contributed by atoms with Crippen molar-refractivity contribution in [1.29, 1.82) is 0 Å². The lowest BCUT2D eigenvalue weighted by molar-refractivity contribution is -0.385. The lowest BCUT2D eigenvalue weighted by Crippen LogP contribution is -3.00. The number of nitrogens with zero attached hydrogens (tertiary/aromatic N) is 2. The molecular weight excluding hydrogens is 364 g/mol. The van der Waals surface area contributed by atoms with Crippen LogP contribution in [0.1, 0.15) is 30.6 Å². The van der Waals surface area contributed by atoms with E-state index in [0.717, 1.165) is 12.8 Å². The van der Waals surface area contributed by atoms with E-state index in [2.05, 4.69) is 30.5 Å². The molecule has 0 aliphatic heterocycles. The maximum atomic E-state index is 10.9. The molecule has 0 aromatic heterocycles. The van der Waals surface area contributed by atoms with Crippen molar-refractivity contribution in [2.45, 2.75) is 31.9 Å². The zero-order chi connectivity index (χ0) is 18.9. The normalized spacial score (nSPS) is 12.9. The van der Waals surface area contributed by atoms with Gasteiger partial charge in [-0.15, -0.1) is 6.58 Å². The Hall–Kier alpha value is -2.21. The highest BCUT2D eigenvalue weighted by Gasteiger charge is 2.19. The zero-order valence-electron chi connectivity index (χ0n) is 15.5. The molecule has 6 heteroatoms. The molecule has 0 saturated carbocycles. The zero-order valence-corrected chi connectivity index (χ0v) is 16.3.